The van der Waals surface area contributed by atoms with Crippen molar-refractivity contribution in [2.45, 2.75) is 31.5 Å². The summed E-state index contributed by atoms with van der Waals surface area (Å²) in [6, 6.07) is 0. The van der Waals surface area contributed by atoms with Crippen molar-refractivity contribution in [1.29, 1.82) is 0 Å². The maximum absolute atomic E-state index is 11.8. The fourth-order valence-corrected chi connectivity index (χ4v) is 2.12. The van der Waals surface area contributed by atoms with E-state index in [9.17, 15) is 14.7 Å². The Morgan fingerprint density at radius 3 is 2.84 bits per heavy atom. The van der Waals surface area contributed by atoms with Gasteiger partial charge in [0.15, 0.2) is 0 Å². The van der Waals surface area contributed by atoms with Crippen molar-refractivity contribution in [2.24, 2.45) is 0 Å². The fraction of sp³-hybridized carbons (Fsp3) is 0.636. The minimum Gasteiger partial charge on any atom is -0.394 e. The lowest BCUT2D eigenvalue weighted by Crippen LogP contribution is -2.46. The number of nitrogens with one attached hydrogen (secondary N) is 1. The predicted octanol–water partition coefficient (Wildman–Crippen LogP) is -1.76. The number of aromatic amines is 1. The summed E-state index contributed by atoms with van der Waals surface area (Å²) in [6.45, 7) is 1.14. The molecule has 1 aliphatic heterocycles. The van der Waals surface area contributed by atoms with Crippen molar-refractivity contribution >= 4 is 0 Å². The van der Waals surface area contributed by atoms with E-state index in [1.54, 1.807) is 0 Å². The molecular formula is C11H16N2O6. The smallest absolute Gasteiger partial charge is 0.332 e. The second-order valence-electron chi connectivity index (χ2n) is 4.47. The molecule has 0 saturated carbocycles. The summed E-state index contributed by atoms with van der Waals surface area (Å²) in [6.07, 6.45) is -0.541. The monoisotopic (exact) mass is 272 g/mol. The standard InChI is InChI=1S/C11H16N2O6/c1-6-4-13(10(17)12-9(6)16)11(18-2)3-7(15)8(5-14)19-11/h4,7-8,14-15H,3,5H2,1-2H3,(H,12,16,17)/t7-,8+,11+/m0/s1. The number of H-pyrrole nitrogens is 1. The van der Waals surface area contributed by atoms with Gasteiger partial charge in [-0.3, -0.25) is 9.78 Å². The number of hydrogen-bond acceptors (Lipinski definition) is 6. The third-order valence-electron chi connectivity index (χ3n) is 3.22. The third kappa shape index (κ3) is 2.23. The van der Waals surface area contributed by atoms with Gasteiger partial charge in [0.05, 0.1) is 19.1 Å². The van der Waals surface area contributed by atoms with Gasteiger partial charge in [0, 0.05) is 18.9 Å². The highest BCUT2D eigenvalue weighted by Crippen LogP contribution is 2.34. The summed E-state index contributed by atoms with van der Waals surface area (Å²) >= 11 is 0. The van der Waals surface area contributed by atoms with Crippen LogP contribution in [0.1, 0.15) is 12.0 Å². The molecule has 0 spiro atoms. The van der Waals surface area contributed by atoms with Crippen LogP contribution in [0.3, 0.4) is 0 Å². The second kappa shape index (κ2) is 4.89. The molecule has 0 amide bonds. The number of aliphatic hydroxyl groups excluding tert-OH is 2. The van der Waals surface area contributed by atoms with E-state index in [0.717, 1.165) is 4.57 Å². The van der Waals surface area contributed by atoms with Crippen molar-refractivity contribution in [1.82, 2.24) is 9.55 Å². The lowest BCUT2D eigenvalue weighted by Gasteiger charge is -2.29. The van der Waals surface area contributed by atoms with E-state index >= 15 is 0 Å². The van der Waals surface area contributed by atoms with Crippen LogP contribution < -0.4 is 11.2 Å². The molecule has 0 aliphatic carbocycles. The van der Waals surface area contributed by atoms with Gasteiger partial charge in [-0.05, 0) is 6.92 Å². The zero-order valence-electron chi connectivity index (χ0n) is 10.6. The molecule has 1 aliphatic rings. The van der Waals surface area contributed by atoms with Crippen LogP contribution in [0.15, 0.2) is 15.8 Å². The van der Waals surface area contributed by atoms with E-state index in [1.807, 2.05) is 0 Å². The van der Waals surface area contributed by atoms with E-state index < -0.39 is 36.0 Å². The number of aryl methyl sites for hydroxylation is 1. The Morgan fingerprint density at radius 1 is 1.63 bits per heavy atom. The molecule has 1 aromatic rings. The molecule has 1 fully saturated rings. The van der Waals surface area contributed by atoms with Gasteiger partial charge in [-0.25, -0.2) is 9.36 Å². The molecule has 106 valence electrons. The normalized spacial score (nSPS) is 30.7. The molecule has 0 radical (unpaired) electrons. The maximum atomic E-state index is 11.8. The molecule has 2 heterocycles. The van der Waals surface area contributed by atoms with Crippen molar-refractivity contribution in [3.63, 3.8) is 0 Å². The predicted molar refractivity (Wildman–Crippen MR) is 63.6 cm³/mol. The molecule has 3 atom stereocenters. The van der Waals surface area contributed by atoms with Gasteiger partial charge in [0.1, 0.15) is 6.10 Å². The lowest BCUT2D eigenvalue weighted by molar-refractivity contribution is -0.275. The molecular weight excluding hydrogens is 256 g/mol. The van der Waals surface area contributed by atoms with Crippen LogP contribution in [0.25, 0.3) is 0 Å². The second-order valence-corrected chi connectivity index (χ2v) is 4.47. The van der Waals surface area contributed by atoms with Crippen LogP contribution in [0.2, 0.25) is 0 Å². The zero-order valence-corrected chi connectivity index (χ0v) is 10.6. The van der Waals surface area contributed by atoms with Gasteiger partial charge in [0.25, 0.3) is 11.5 Å². The highest BCUT2D eigenvalue weighted by molar-refractivity contribution is 5.03. The Kier molecular flexibility index (Phi) is 3.59. The van der Waals surface area contributed by atoms with E-state index in [0.29, 0.717) is 5.56 Å². The van der Waals surface area contributed by atoms with Crippen LogP contribution in [0.5, 0.6) is 0 Å². The summed E-state index contributed by atoms with van der Waals surface area (Å²) < 4.78 is 11.7. The minimum absolute atomic E-state index is 0.0277. The Labute approximate surface area is 108 Å². The summed E-state index contributed by atoms with van der Waals surface area (Å²) in [5.41, 5.74) is -0.894. The number of nitrogens with zero attached hydrogens (tertiary/aromatic N) is 1. The van der Waals surface area contributed by atoms with Crippen molar-refractivity contribution in [2.75, 3.05) is 13.7 Å². The third-order valence-corrected chi connectivity index (χ3v) is 3.22. The van der Waals surface area contributed by atoms with Crippen LogP contribution in [0, 0.1) is 6.92 Å². The summed E-state index contributed by atoms with van der Waals surface area (Å²) in [7, 11) is 1.32. The Hall–Kier alpha value is -1.48. The van der Waals surface area contributed by atoms with Crippen LogP contribution in [0.4, 0.5) is 0 Å². The largest absolute Gasteiger partial charge is 0.394 e. The van der Waals surface area contributed by atoms with Crippen molar-refractivity contribution in [3.8, 4) is 0 Å². The van der Waals surface area contributed by atoms with Gasteiger partial charge in [-0.2, -0.15) is 0 Å². The molecule has 8 heteroatoms. The summed E-state index contributed by atoms with van der Waals surface area (Å²) in [5.74, 6) is -1.53. The number of hydrogen-bond donors (Lipinski definition) is 3. The van der Waals surface area contributed by atoms with Crippen LogP contribution in [-0.2, 0) is 15.4 Å². The summed E-state index contributed by atoms with van der Waals surface area (Å²) in [5, 5.41) is 18.9. The van der Waals surface area contributed by atoms with Gasteiger partial charge in [-0.15, -0.1) is 0 Å². The number of methoxy groups -OCH3 is 1. The number of aromatic nitrogens is 2. The van der Waals surface area contributed by atoms with Crippen LogP contribution >= 0.6 is 0 Å². The van der Waals surface area contributed by atoms with Gasteiger partial charge >= 0.3 is 5.69 Å². The Balaban J connectivity index is 2.52. The molecule has 19 heavy (non-hydrogen) atoms. The number of ether oxygens (including phenoxy) is 2. The topological polar surface area (TPSA) is 114 Å². The molecule has 0 bridgehead atoms. The molecule has 3 N–H and O–H groups in total. The van der Waals surface area contributed by atoms with E-state index in [2.05, 4.69) is 4.98 Å². The molecule has 2 rings (SSSR count). The van der Waals surface area contributed by atoms with E-state index in [1.165, 1.54) is 20.2 Å². The average Bonchev–Trinajstić information content (AvgIpc) is 2.71. The quantitative estimate of drug-likeness (QED) is 0.601. The highest BCUT2D eigenvalue weighted by atomic mass is 16.7. The van der Waals surface area contributed by atoms with E-state index in [4.69, 9.17) is 14.6 Å². The molecule has 0 aromatic carbocycles. The summed E-state index contributed by atoms with van der Waals surface area (Å²) in [4.78, 5) is 25.3. The first kappa shape index (κ1) is 13.9. The molecule has 0 unspecified atom stereocenters. The zero-order chi connectivity index (χ0) is 14.2. The fourth-order valence-electron chi connectivity index (χ4n) is 2.12. The van der Waals surface area contributed by atoms with Crippen LogP contribution in [-0.4, -0.2) is 45.7 Å². The van der Waals surface area contributed by atoms with Gasteiger partial charge in [0.2, 0.25) is 0 Å². The maximum Gasteiger partial charge on any atom is 0.332 e. The van der Waals surface area contributed by atoms with Crippen molar-refractivity contribution in [3.05, 3.63) is 32.6 Å². The molecule has 8 nitrogen and oxygen atoms in total. The SMILES string of the molecule is CO[C@]1(n2cc(C)c(=O)[nH]c2=O)C[C@H](O)[C@@H](CO)O1. The Bertz CT molecular complexity index is 579. The first-order valence-electron chi connectivity index (χ1n) is 5.78. The number of aliphatic hydroxyl groups is 2. The first-order valence-corrected chi connectivity index (χ1v) is 5.78. The first-order chi connectivity index (χ1) is 8.93. The molecule has 1 aromatic heterocycles. The van der Waals surface area contributed by atoms with Gasteiger partial charge < -0.3 is 19.7 Å². The Morgan fingerprint density at radius 2 is 2.32 bits per heavy atom. The van der Waals surface area contributed by atoms with Crippen molar-refractivity contribution < 1.29 is 19.7 Å². The van der Waals surface area contributed by atoms with Gasteiger partial charge in [-0.1, -0.05) is 0 Å². The lowest BCUT2D eigenvalue weighted by atomic mass is 10.1. The molecule has 1 saturated heterocycles. The minimum atomic E-state index is -1.53. The average molecular weight is 272 g/mol. The number of rotatable bonds is 3. The highest BCUT2D eigenvalue weighted by Gasteiger charge is 2.48. The van der Waals surface area contributed by atoms with E-state index in [-0.39, 0.29) is 6.42 Å².